The lowest BCUT2D eigenvalue weighted by molar-refractivity contribution is -0.134. The van der Waals surface area contributed by atoms with Gasteiger partial charge in [-0.15, -0.1) is 0 Å². The quantitative estimate of drug-likeness (QED) is 0.879. The molecule has 104 valence electrons. The summed E-state index contributed by atoms with van der Waals surface area (Å²) >= 11 is 0. The molecule has 0 saturated carbocycles. The summed E-state index contributed by atoms with van der Waals surface area (Å²) in [7, 11) is 0. The van der Waals surface area contributed by atoms with Crippen LogP contribution < -0.4 is 5.32 Å². The summed E-state index contributed by atoms with van der Waals surface area (Å²) in [5, 5.41) is 7.68. The van der Waals surface area contributed by atoms with Crippen molar-refractivity contribution < 1.29 is 4.79 Å². The Balaban J connectivity index is 1.56. The topological polar surface area (TPSA) is 50.2 Å². The average molecular weight is 262 g/mol. The summed E-state index contributed by atoms with van der Waals surface area (Å²) in [4.78, 5) is 14.3. The van der Waals surface area contributed by atoms with E-state index in [1.165, 1.54) is 19.3 Å². The minimum atomic E-state index is 0.200. The Morgan fingerprint density at radius 1 is 1.37 bits per heavy atom. The van der Waals surface area contributed by atoms with Crippen LogP contribution >= 0.6 is 0 Å². The molecule has 2 saturated heterocycles. The highest BCUT2D eigenvalue weighted by Gasteiger charge is 2.30. The monoisotopic (exact) mass is 262 g/mol. The number of piperidine rings is 1. The second-order valence-corrected chi connectivity index (χ2v) is 5.65. The Morgan fingerprint density at radius 2 is 2.32 bits per heavy atom. The first-order valence-electron chi connectivity index (χ1n) is 7.31. The molecule has 0 aliphatic carbocycles. The molecule has 1 aromatic heterocycles. The number of nitrogens with one attached hydrogen (secondary N) is 1. The third-order valence-corrected chi connectivity index (χ3v) is 4.33. The van der Waals surface area contributed by atoms with Crippen molar-refractivity contribution in [2.45, 2.75) is 38.3 Å². The molecule has 3 heterocycles. The van der Waals surface area contributed by atoms with Crippen molar-refractivity contribution in [2.75, 3.05) is 19.6 Å². The van der Waals surface area contributed by atoms with Gasteiger partial charge in [-0.1, -0.05) is 0 Å². The molecule has 2 aliphatic rings. The van der Waals surface area contributed by atoms with Crippen LogP contribution in [0.1, 0.15) is 25.7 Å². The van der Waals surface area contributed by atoms with E-state index in [0.717, 1.165) is 26.1 Å². The average Bonchev–Trinajstić information content (AvgIpc) is 3.12. The molecule has 1 N–H and O–H groups in total. The van der Waals surface area contributed by atoms with Gasteiger partial charge < -0.3 is 10.2 Å². The predicted octanol–water partition coefficient (Wildman–Crippen LogP) is 0.874. The van der Waals surface area contributed by atoms with Gasteiger partial charge >= 0.3 is 0 Å². The zero-order valence-corrected chi connectivity index (χ0v) is 11.3. The molecule has 0 aromatic carbocycles. The third kappa shape index (κ3) is 2.97. The lowest BCUT2D eigenvalue weighted by atomic mass is 9.90. The molecule has 19 heavy (non-hydrogen) atoms. The molecule has 0 spiro atoms. The first-order valence-corrected chi connectivity index (χ1v) is 7.31. The lowest BCUT2D eigenvalue weighted by Gasteiger charge is -2.35. The van der Waals surface area contributed by atoms with Crippen molar-refractivity contribution in [2.24, 2.45) is 5.92 Å². The van der Waals surface area contributed by atoms with Crippen molar-refractivity contribution in [3.8, 4) is 0 Å². The SMILES string of the molecule is O=C(Cn1cccn1)N1CCCC(C2CCCN2)C1. The van der Waals surface area contributed by atoms with Gasteiger partial charge in [-0.3, -0.25) is 9.48 Å². The second-order valence-electron chi connectivity index (χ2n) is 5.65. The number of hydrogen-bond acceptors (Lipinski definition) is 3. The van der Waals surface area contributed by atoms with Crippen LogP contribution in [0.25, 0.3) is 0 Å². The summed E-state index contributed by atoms with van der Waals surface area (Å²) in [6.45, 7) is 3.33. The summed E-state index contributed by atoms with van der Waals surface area (Å²) in [5.41, 5.74) is 0. The highest BCUT2D eigenvalue weighted by molar-refractivity contribution is 5.76. The van der Waals surface area contributed by atoms with E-state index in [1.807, 2.05) is 17.2 Å². The zero-order valence-electron chi connectivity index (χ0n) is 11.3. The maximum atomic E-state index is 12.3. The fourth-order valence-corrected chi connectivity index (χ4v) is 3.31. The van der Waals surface area contributed by atoms with Gasteiger partial charge in [0.2, 0.25) is 5.91 Å². The first-order chi connectivity index (χ1) is 9.33. The maximum absolute atomic E-state index is 12.3. The van der Waals surface area contributed by atoms with Crippen LogP contribution in [0.15, 0.2) is 18.5 Å². The summed E-state index contributed by atoms with van der Waals surface area (Å²) in [6, 6.07) is 2.48. The van der Waals surface area contributed by atoms with E-state index < -0.39 is 0 Å². The van der Waals surface area contributed by atoms with Gasteiger partial charge in [0.15, 0.2) is 0 Å². The Labute approximate surface area is 114 Å². The Morgan fingerprint density at radius 3 is 3.05 bits per heavy atom. The molecule has 2 atom stereocenters. The third-order valence-electron chi connectivity index (χ3n) is 4.33. The maximum Gasteiger partial charge on any atom is 0.244 e. The fraction of sp³-hybridized carbons (Fsp3) is 0.714. The van der Waals surface area contributed by atoms with Gasteiger partial charge in [0.25, 0.3) is 0 Å². The standard InChI is InChI=1S/C14H22N4O/c19-14(11-18-9-3-7-16-18)17-8-2-4-12(10-17)13-5-1-6-15-13/h3,7,9,12-13,15H,1-2,4-6,8,10-11H2. The smallest absolute Gasteiger partial charge is 0.244 e. The summed E-state index contributed by atoms with van der Waals surface area (Å²) in [6.07, 6.45) is 8.50. The van der Waals surface area contributed by atoms with E-state index in [9.17, 15) is 4.79 Å². The largest absolute Gasteiger partial charge is 0.341 e. The molecule has 1 amide bonds. The van der Waals surface area contributed by atoms with Gasteiger partial charge in [-0.25, -0.2) is 0 Å². The normalized spacial score (nSPS) is 27.7. The number of likely N-dealkylation sites (tertiary alicyclic amines) is 1. The number of hydrogen-bond donors (Lipinski definition) is 1. The molecule has 2 fully saturated rings. The van der Waals surface area contributed by atoms with Gasteiger partial charge in [0, 0.05) is 31.5 Å². The van der Waals surface area contributed by atoms with Crippen LogP contribution in [0.5, 0.6) is 0 Å². The van der Waals surface area contributed by atoms with Crippen LogP contribution in [0, 0.1) is 5.92 Å². The van der Waals surface area contributed by atoms with E-state index in [2.05, 4.69) is 10.4 Å². The van der Waals surface area contributed by atoms with E-state index in [0.29, 0.717) is 18.5 Å². The molecule has 2 aliphatic heterocycles. The summed E-state index contributed by atoms with van der Waals surface area (Å²) in [5.74, 6) is 0.837. The number of amides is 1. The van der Waals surface area contributed by atoms with Gasteiger partial charge in [0.1, 0.15) is 6.54 Å². The molecule has 0 bridgehead atoms. The molecular weight excluding hydrogens is 240 g/mol. The van der Waals surface area contributed by atoms with Gasteiger partial charge in [0.05, 0.1) is 0 Å². The lowest BCUT2D eigenvalue weighted by Crippen LogP contribution is -2.46. The zero-order chi connectivity index (χ0) is 13.1. The number of nitrogens with zero attached hydrogens (tertiary/aromatic N) is 3. The molecule has 3 rings (SSSR count). The van der Waals surface area contributed by atoms with E-state index in [-0.39, 0.29) is 5.91 Å². The van der Waals surface area contributed by atoms with Crippen LogP contribution in [0.2, 0.25) is 0 Å². The molecule has 5 nitrogen and oxygen atoms in total. The van der Waals surface area contributed by atoms with Crippen molar-refractivity contribution in [3.05, 3.63) is 18.5 Å². The molecule has 2 unspecified atom stereocenters. The van der Waals surface area contributed by atoms with E-state index in [4.69, 9.17) is 0 Å². The van der Waals surface area contributed by atoms with Crippen molar-refractivity contribution in [1.29, 1.82) is 0 Å². The highest BCUT2D eigenvalue weighted by Crippen LogP contribution is 2.24. The minimum absolute atomic E-state index is 0.200. The van der Waals surface area contributed by atoms with Crippen LogP contribution in [0.3, 0.4) is 0 Å². The predicted molar refractivity (Wildman–Crippen MR) is 72.6 cm³/mol. The molecule has 1 aromatic rings. The number of rotatable bonds is 3. The van der Waals surface area contributed by atoms with Crippen LogP contribution in [0.4, 0.5) is 0 Å². The van der Waals surface area contributed by atoms with Crippen molar-refractivity contribution in [3.63, 3.8) is 0 Å². The number of aromatic nitrogens is 2. The van der Waals surface area contributed by atoms with E-state index in [1.54, 1.807) is 10.9 Å². The van der Waals surface area contributed by atoms with E-state index >= 15 is 0 Å². The number of carbonyl (C=O) groups excluding carboxylic acids is 1. The van der Waals surface area contributed by atoms with Crippen LogP contribution in [-0.4, -0.2) is 46.3 Å². The Bertz CT molecular complexity index is 411. The Kier molecular flexibility index (Phi) is 3.82. The van der Waals surface area contributed by atoms with Gasteiger partial charge in [-0.2, -0.15) is 5.10 Å². The van der Waals surface area contributed by atoms with Crippen molar-refractivity contribution >= 4 is 5.91 Å². The minimum Gasteiger partial charge on any atom is -0.341 e. The molecular formula is C14H22N4O. The second kappa shape index (κ2) is 5.74. The highest BCUT2D eigenvalue weighted by atomic mass is 16.2. The molecule has 0 radical (unpaired) electrons. The van der Waals surface area contributed by atoms with Crippen molar-refractivity contribution in [1.82, 2.24) is 20.0 Å². The first kappa shape index (κ1) is 12.7. The summed E-state index contributed by atoms with van der Waals surface area (Å²) < 4.78 is 1.71. The fourth-order valence-electron chi connectivity index (χ4n) is 3.31. The van der Waals surface area contributed by atoms with Crippen LogP contribution in [-0.2, 0) is 11.3 Å². The Hall–Kier alpha value is -1.36. The number of carbonyl (C=O) groups is 1. The molecule has 5 heteroatoms. The van der Waals surface area contributed by atoms with Gasteiger partial charge in [-0.05, 0) is 44.2 Å².